The topological polar surface area (TPSA) is 44.3 Å². The highest BCUT2D eigenvalue weighted by Crippen LogP contribution is 2.23. The summed E-state index contributed by atoms with van der Waals surface area (Å²) in [4.78, 5) is 13.8. The summed E-state index contributed by atoms with van der Waals surface area (Å²) in [5.74, 6) is 1.64. The van der Waals surface area contributed by atoms with Crippen molar-refractivity contribution in [3.63, 3.8) is 0 Å². The van der Waals surface area contributed by atoms with Crippen LogP contribution in [-0.2, 0) is 0 Å². The van der Waals surface area contributed by atoms with E-state index < -0.39 is 0 Å². The molecule has 1 aliphatic rings. The van der Waals surface area contributed by atoms with Gasteiger partial charge in [0.25, 0.3) is 0 Å². The maximum Gasteiger partial charge on any atom is 0.227 e. The number of hydrogen-bond acceptors (Lipinski definition) is 5. The lowest BCUT2D eigenvalue weighted by Crippen LogP contribution is -2.46. The van der Waals surface area contributed by atoms with Gasteiger partial charge in [0, 0.05) is 42.5 Å². The van der Waals surface area contributed by atoms with Crippen molar-refractivity contribution in [2.45, 2.75) is 13.8 Å². The van der Waals surface area contributed by atoms with E-state index in [1.54, 1.807) is 0 Å². The van der Waals surface area contributed by atoms with Gasteiger partial charge in [0.1, 0.15) is 5.82 Å². The highest BCUT2D eigenvalue weighted by Gasteiger charge is 2.18. The summed E-state index contributed by atoms with van der Waals surface area (Å²) in [7, 11) is 0. The first-order valence-electron chi connectivity index (χ1n) is 7.99. The fourth-order valence-corrected chi connectivity index (χ4v) is 3.22. The van der Waals surface area contributed by atoms with Gasteiger partial charge in [-0.15, -0.1) is 0 Å². The molecule has 1 saturated heterocycles. The number of hydrogen-bond donors (Lipinski definition) is 1. The van der Waals surface area contributed by atoms with Crippen LogP contribution in [0.15, 0.2) is 34.9 Å². The Labute approximate surface area is 145 Å². The van der Waals surface area contributed by atoms with Gasteiger partial charge in [-0.25, -0.2) is 4.98 Å². The van der Waals surface area contributed by atoms with E-state index >= 15 is 0 Å². The number of aromatic nitrogens is 2. The SMILES string of the molecule is CCN1CCN(c2nccc(Nc3ccc(Br)cc3C)n2)CC1. The van der Waals surface area contributed by atoms with Crippen LogP contribution in [0, 0.1) is 6.92 Å². The van der Waals surface area contributed by atoms with E-state index in [0.717, 1.165) is 54.7 Å². The Morgan fingerprint density at radius 1 is 1.17 bits per heavy atom. The summed E-state index contributed by atoms with van der Waals surface area (Å²) in [5, 5.41) is 3.39. The van der Waals surface area contributed by atoms with Crippen LogP contribution in [0.2, 0.25) is 0 Å². The summed E-state index contributed by atoms with van der Waals surface area (Å²) >= 11 is 3.49. The number of anilines is 3. The Kier molecular flexibility index (Phi) is 5.13. The van der Waals surface area contributed by atoms with Gasteiger partial charge >= 0.3 is 0 Å². The predicted octanol–water partition coefficient (Wildman–Crippen LogP) is 3.43. The van der Waals surface area contributed by atoms with E-state index in [-0.39, 0.29) is 0 Å². The minimum absolute atomic E-state index is 0.806. The average molecular weight is 376 g/mol. The molecule has 1 N–H and O–H groups in total. The van der Waals surface area contributed by atoms with Gasteiger partial charge in [-0.2, -0.15) is 4.98 Å². The van der Waals surface area contributed by atoms with Gasteiger partial charge in [0.15, 0.2) is 0 Å². The number of nitrogens with one attached hydrogen (secondary N) is 1. The summed E-state index contributed by atoms with van der Waals surface area (Å²) in [5.41, 5.74) is 2.24. The van der Waals surface area contributed by atoms with Gasteiger partial charge in [-0.05, 0) is 43.3 Å². The number of likely N-dealkylation sites (N-methyl/N-ethyl adjacent to an activating group) is 1. The van der Waals surface area contributed by atoms with Gasteiger partial charge in [0.2, 0.25) is 5.95 Å². The molecule has 0 bridgehead atoms. The van der Waals surface area contributed by atoms with E-state index in [2.05, 4.69) is 67.0 Å². The third-order valence-corrected chi connectivity index (χ3v) is 4.69. The largest absolute Gasteiger partial charge is 0.340 e. The van der Waals surface area contributed by atoms with Gasteiger partial charge in [-0.1, -0.05) is 22.9 Å². The van der Waals surface area contributed by atoms with Crippen LogP contribution in [0.1, 0.15) is 12.5 Å². The second-order valence-corrected chi connectivity index (χ2v) is 6.66. The third-order valence-electron chi connectivity index (χ3n) is 4.20. The molecule has 0 saturated carbocycles. The molecule has 1 aromatic carbocycles. The molecule has 0 radical (unpaired) electrons. The Morgan fingerprint density at radius 3 is 2.65 bits per heavy atom. The molecule has 0 spiro atoms. The molecule has 1 aliphatic heterocycles. The molecule has 6 heteroatoms. The summed E-state index contributed by atoms with van der Waals surface area (Å²) in [6, 6.07) is 8.09. The second kappa shape index (κ2) is 7.27. The zero-order valence-corrected chi connectivity index (χ0v) is 15.2. The van der Waals surface area contributed by atoms with Crippen molar-refractivity contribution < 1.29 is 0 Å². The molecule has 1 aromatic heterocycles. The molecule has 0 atom stereocenters. The Balaban J connectivity index is 1.72. The third kappa shape index (κ3) is 4.00. The van der Waals surface area contributed by atoms with Crippen molar-refractivity contribution >= 4 is 33.4 Å². The number of rotatable bonds is 4. The molecule has 5 nitrogen and oxygen atoms in total. The molecule has 0 amide bonds. The Hall–Kier alpha value is -1.66. The highest BCUT2D eigenvalue weighted by atomic mass is 79.9. The number of halogens is 1. The lowest BCUT2D eigenvalue weighted by atomic mass is 10.2. The van der Waals surface area contributed by atoms with Crippen LogP contribution in [0.5, 0.6) is 0 Å². The number of aryl methyl sites for hydroxylation is 1. The smallest absolute Gasteiger partial charge is 0.227 e. The number of nitrogens with zero attached hydrogens (tertiary/aromatic N) is 4. The monoisotopic (exact) mass is 375 g/mol. The highest BCUT2D eigenvalue weighted by molar-refractivity contribution is 9.10. The molecule has 122 valence electrons. The van der Waals surface area contributed by atoms with E-state index in [4.69, 9.17) is 0 Å². The van der Waals surface area contributed by atoms with Gasteiger partial charge < -0.3 is 15.1 Å². The normalized spacial score (nSPS) is 15.7. The zero-order chi connectivity index (χ0) is 16.2. The molecule has 0 aliphatic carbocycles. The number of piperazine rings is 1. The van der Waals surface area contributed by atoms with Crippen LogP contribution >= 0.6 is 15.9 Å². The van der Waals surface area contributed by atoms with Crippen molar-refractivity contribution in [1.29, 1.82) is 0 Å². The molecule has 2 heterocycles. The van der Waals surface area contributed by atoms with Crippen LogP contribution in [0.4, 0.5) is 17.5 Å². The maximum atomic E-state index is 4.68. The van der Waals surface area contributed by atoms with Crippen LogP contribution in [0.3, 0.4) is 0 Å². The standard InChI is InChI=1S/C17H22BrN5/c1-3-22-8-10-23(11-9-22)17-19-7-6-16(21-17)20-15-5-4-14(18)12-13(15)2/h4-7,12H,3,8-11H2,1-2H3,(H,19,20,21). The minimum Gasteiger partial charge on any atom is -0.340 e. The molecule has 1 fully saturated rings. The molecule has 0 unspecified atom stereocenters. The predicted molar refractivity (Wildman–Crippen MR) is 98.5 cm³/mol. The van der Waals surface area contributed by atoms with Crippen molar-refractivity contribution in [3.8, 4) is 0 Å². The fourth-order valence-electron chi connectivity index (χ4n) is 2.74. The molecular weight excluding hydrogens is 354 g/mol. The average Bonchev–Trinajstić information content (AvgIpc) is 2.58. The molecule has 2 aromatic rings. The summed E-state index contributed by atoms with van der Waals surface area (Å²) in [6.07, 6.45) is 1.82. The van der Waals surface area contributed by atoms with E-state index in [9.17, 15) is 0 Å². The van der Waals surface area contributed by atoms with Crippen LogP contribution in [0.25, 0.3) is 0 Å². The Morgan fingerprint density at radius 2 is 1.96 bits per heavy atom. The van der Waals surface area contributed by atoms with E-state index in [1.165, 1.54) is 5.56 Å². The maximum absolute atomic E-state index is 4.68. The first-order chi connectivity index (χ1) is 11.2. The molecule has 23 heavy (non-hydrogen) atoms. The van der Waals surface area contributed by atoms with Crippen molar-refractivity contribution in [2.75, 3.05) is 42.9 Å². The molecular formula is C17H22BrN5. The zero-order valence-electron chi connectivity index (χ0n) is 13.6. The quantitative estimate of drug-likeness (QED) is 0.886. The Bertz CT molecular complexity index is 668. The lowest BCUT2D eigenvalue weighted by molar-refractivity contribution is 0.270. The lowest BCUT2D eigenvalue weighted by Gasteiger charge is -2.34. The molecule has 3 rings (SSSR count). The van der Waals surface area contributed by atoms with Crippen LogP contribution < -0.4 is 10.2 Å². The van der Waals surface area contributed by atoms with Gasteiger partial charge in [-0.3, -0.25) is 0 Å². The first-order valence-corrected chi connectivity index (χ1v) is 8.78. The minimum atomic E-state index is 0.806. The number of benzene rings is 1. The summed E-state index contributed by atoms with van der Waals surface area (Å²) < 4.78 is 1.08. The van der Waals surface area contributed by atoms with E-state index in [0.29, 0.717) is 0 Å². The fraction of sp³-hybridized carbons (Fsp3) is 0.412. The van der Waals surface area contributed by atoms with Crippen molar-refractivity contribution in [3.05, 3.63) is 40.5 Å². The van der Waals surface area contributed by atoms with Crippen molar-refractivity contribution in [1.82, 2.24) is 14.9 Å². The first kappa shape index (κ1) is 16.2. The summed E-state index contributed by atoms with van der Waals surface area (Å²) in [6.45, 7) is 9.51. The van der Waals surface area contributed by atoms with E-state index in [1.807, 2.05) is 18.3 Å². The van der Waals surface area contributed by atoms with Crippen LogP contribution in [-0.4, -0.2) is 47.6 Å². The van der Waals surface area contributed by atoms with Crippen molar-refractivity contribution in [2.24, 2.45) is 0 Å². The van der Waals surface area contributed by atoms with Gasteiger partial charge in [0.05, 0.1) is 0 Å². The second-order valence-electron chi connectivity index (χ2n) is 5.75.